The Labute approximate surface area is 275 Å². The first-order valence-corrected chi connectivity index (χ1v) is 19.5. The van der Waals surface area contributed by atoms with Crippen molar-refractivity contribution in [2.24, 2.45) is 0 Å². The van der Waals surface area contributed by atoms with E-state index in [1.807, 2.05) is 18.2 Å². The van der Waals surface area contributed by atoms with Crippen LogP contribution < -0.4 is 0 Å². The Bertz CT molecular complexity index is 1170. The molecular formula is C39H60O5Si. The first kappa shape index (κ1) is 38.7. The fraction of sp³-hybridized carbons (Fsp3) is 0.564. The lowest BCUT2D eigenvalue weighted by molar-refractivity contribution is -0.288. The predicted molar refractivity (Wildman–Crippen MR) is 191 cm³/mol. The molecule has 3 atom stereocenters. The quantitative estimate of drug-likeness (QED) is 0.0695. The van der Waals surface area contributed by atoms with E-state index in [0.29, 0.717) is 38.7 Å². The molecule has 0 bridgehead atoms. The summed E-state index contributed by atoms with van der Waals surface area (Å²) < 4.78 is 25.3. The second-order valence-corrected chi connectivity index (χ2v) is 18.8. The Kier molecular flexibility index (Phi) is 16.0. The van der Waals surface area contributed by atoms with E-state index in [1.54, 1.807) is 13.2 Å². The van der Waals surface area contributed by atoms with Crippen molar-refractivity contribution >= 4 is 14.3 Å². The minimum atomic E-state index is -1.87. The first-order valence-electron chi connectivity index (χ1n) is 16.6. The van der Waals surface area contributed by atoms with Gasteiger partial charge in [-0.25, -0.2) is 4.79 Å². The van der Waals surface area contributed by atoms with Crippen LogP contribution in [0.3, 0.4) is 0 Å². The Hall–Kier alpha value is -2.51. The van der Waals surface area contributed by atoms with Gasteiger partial charge in [0.05, 0.1) is 6.10 Å². The smallest absolute Gasteiger partial charge is 0.330 e. The van der Waals surface area contributed by atoms with Crippen LogP contribution >= 0.6 is 0 Å². The second kappa shape index (κ2) is 18.6. The molecule has 2 rings (SSSR count). The summed E-state index contributed by atoms with van der Waals surface area (Å²) in [6, 6.07) is 10.5. The third-order valence-corrected chi connectivity index (χ3v) is 13.7. The highest BCUT2D eigenvalue weighted by atomic mass is 28.4. The first-order chi connectivity index (χ1) is 21.2. The van der Waals surface area contributed by atoms with Crippen LogP contribution in [0, 0.1) is 0 Å². The Balaban J connectivity index is 2.17. The molecule has 1 aliphatic rings. The fourth-order valence-electron chi connectivity index (χ4n) is 5.29. The summed E-state index contributed by atoms with van der Waals surface area (Å²) in [5.41, 5.74) is 4.77. The van der Waals surface area contributed by atoms with Crippen molar-refractivity contribution in [1.82, 2.24) is 0 Å². The zero-order valence-electron chi connectivity index (χ0n) is 29.5. The van der Waals surface area contributed by atoms with Gasteiger partial charge in [-0.15, -0.1) is 13.2 Å². The van der Waals surface area contributed by atoms with Crippen LogP contribution in [0.25, 0.3) is 0 Å². The molecule has 0 radical (unpaired) electrons. The van der Waals surface area contributed by atoms with Gasteiger partial charge in [-0.05, 0) is 76.1 Å². The standard InChI is InChI=1S/C39H60O5Si/c1-11-13-18-32(4)27-35-29-36(43-37(40)28-34(17-12-2)24-26-42-45(9,10)38(5,6)7)30-39(41-8,44-35)25-23-31(3)21-22-33-19-15-14-16-20-33/h11-12,14-16,18-21,28,35-36H,1-2,13,17,22-27,29-30H2,3-10H3/b31-21+,32-18+,34-28+/t35-,36-,39+/m1/s1. The summed E-state index contributed by atoms with van der Waals surface area (Å²) in [6.07, 6.45) is 15.8. The molecule has 1 aromatic carbocycles. The number of hydrogen-bond acceptors (Lipinski definition) is 5. The van der Waals surface area contributed by atoms with Crippen molar-refractivity contribution in [3.05, 3.63) is 96.2 Å². The number of carbonyl (C=O) groups is 1. The van der Waals surface area contributed by atoms with Gasteiger partial charge < -0.3 is 18.6 Å². The summed E-state index contributed by atoms with van der Waals surface area (Å²) in [6.45, 7) is 23.8. The molecule has 0 N–H and O–H groups in total. The molecule has 5 nitrogen and oxygen atoms in total. The van der Waals surface area contributed by atoms with E-state index in [0.717, 1.165) is 31.3 Å². The number of ether oxygens (including phenoxy) is 3. The zero-order valence-corrected chi connectivity index (χ0v) is 30.5. The maximum Gasteiger partial charge on any atom is 0.330 e. The van der Waals surface area contributed by atoms with E-state index in [-0.39, 0.29) is 23.2 Å². The normalized spacial score (nSPS) is 21.8. The Morgan fingerprint density at radius 2 is 1.78 bits per heavy atom. The maximum absolute atomic E-state index is 13.3. The van der Waals surface area contributed by atoms with Gasteiger partial charge in [0.15, 0.2) is 14.1 Å². The average Bonchev–Trinajstić information content (AvgIpc) is 2.97. The van der Waals surface area contributed by atoms with Crippen LogP contribution in [0.1, 0.15) is 91.5 Å². The van der Waals surface area contributed by atoms with Crippen LogP contribution in [-0.4, -0.2) is 46.0 Å². The van der Waals surface area contributed by atoms with E-state index < -0.39 is 14.1 Å². The molecule has 0 aliphatic carbocycles. The molecule has 0 spiro atoms. The number of methoxy groups -OCH3 is 1. The number of esters is 1. The molecule has 1 heterocycles. The lowest BCUT2D eigenvalue weighted by atomic mass is 9.90. The van der Waals surface area contributed by atoms with Crippen LogP contribution in [0.5, 0.6) is 0 Å². The van der Waals surface area contributed by atoms with Crippen LogP contribution in [0.4, 0.5) is 0 Å². The third kappa shape index (κ3) is 13.8. The Morgan fingerprint density at radius 3 is 2.40 bits per heavy atom. The molecule has 45 heavy (non-hydrogen) atoms. The summed E-state index contributed by atoms with van der Waals surface area (Å²) in [5, 5.41) is 0.136. The van der Waals surface area contributed by atoms with Gasteiger partial charge in [0.2, 0.25) is 0 Å². The molecule has 0 amide bonds. The number of benzene rings is 1. The molecule has 0 unspecified atom stereocenters. The molecule has 0 aromatic heterocycles. The molecule has 1 saturated heterocycles. The van der Waals surface area contributed by atoms with E-state index in [4.69, 9.17) is 18.6 Å². The Morgan fingerprint density at radius 1 is 1.07 bits per heavy atom. The average molecular weight is 637 g/mol. The summed E-state index contributed by atoms with van der Waals surface area (Å²) in [4.78, 5) is 13.3. The third-order valence-electron chi connectivity index (χ3n) is 9.13. The van der Waals surface area contributed by atoms with Crippen molar-refractivity contribution in [2.75, 3.05) is 13.7 Å². The number of carbonyl (C=O) groups excluding carboxylic acids is 1. The lowest BCUT2D eigenvalue weighted by Gasteiger charge is -2.43. The highest BCUT2D eigenvalue weighted by Gasteiger charge is 2.43. The van der Waals surface area contributed by atoms with Crippen molar-refractivity contribution < 1.29 is 23.4 Å². The highest BCUT2D eigenvalue weighted by molar-refractivity contribution is 6.74. The van der Waals surface area contributed by atoms with Crippen molar-refractivity contribution in [3.63, 3.8) is 0 Å². The van der Waals surface area contributed by atoms with Gasteiger partial charge in [-0.2, -0.15) is 0 Å². The van der Waals surface area contributed by atoms with E-state index >= 15 is 0 Å². The lowest BCUT2D eigenvalue weighted by Crippen LogP contribution is -2.48. The molecule has 250 valence electrons. The van der Waals surface area contributed by atoms with Gasteiger partial charge in [0, 0.05) is 39.1 Å². The van der Waals surface area contributed by atoms with Gasteiger partial charge in [0.1, 0.15) is 6.10 Å². The maximum atomic E-state index is 13.3. The highest BCUT2D eigenvalue weighted by Crippen LogP contribution is 2.39. The van der Waals surface area contributed by atoms with Gasteiger partial charge >= 0.3 is 5.97 Å². The molecule has 1 aromatic rings. The molecule has 1 fully saturated rings. The minimum Gasteiger partial charge on any atom is -0.459 e. The largest absolute Gasteiger partial charge is 0.459 e. The van der Waals surface area contributed by atoms with Gasteiger partial charge in [0.25, 0.3) is 0 Å². The van der Waals surface area contributed by atoms with Gasteiger partial charge in [-0.1, -0.05) is 92.1 Å². The van der Waals surface area contributed by atoms with Crippen molar-refractivity contribution in [3.8, 4) is 0 Å². The minimum absolute atomic E-state index is 0.124. The van der Waals surface area contributed by atoms with Crippen molar-refractivity contribution in [1.29, 1.82) is 0 Å². The monoisotopic (exact) mass is 636 g/mol. The molecule has 1 aliphatic heterocycles. The van der Waals surface area contributed by atoms with Crippen LogP contribution in [-0.2, 0) is 29.9 Å². The molecule has 6 heteroatoms. The fourth-order valence-corrected chi connectivity index (χ4v) is 6.34. The number of rotatable bonds is 18. The SMILES string of the molecule is C=CC/C=C(\C)C[C@@H]1C[C@@H](OC(=O)/C=C(\CC=C)CCO[Si](C)(C)C(C)(C)C)C[C@@](CC/C(C)=C/Cc2ccccc2)(OC)O1. The summed E-state index contributed by atoms with van der Waals surface area (Å²) in [5.74, 6) is -1.16. The van der Waals surface area contributed by atoms with Crippen molar-refractivity contribution in [2.45, 2.75) is 129 Å². The predicted octanol–water partition coefficient (Wildman–Crippen LogP) is 10.2. The summed E-state index contributed by atoms with van der Waals surface area (Å²) in [7, 11) is -0.166. The van der Waals surface area contributed by atoms with E-state index in [2.05, 4.69) is 97.3 Å². The van der Waals surface area contributed by atoms with E-state index in [1.165, 1.54) is 16.7 Å². The number of allylic oxidation sites excluding steroid dienone is 5. The van der Waals surface area contributed by atoms with Gasteiger partial charge in [-0.3, -0.25) is 0 Å². The topological polar surface area (TPSA) is 54.0 Å². The van der Waals surface area contributed by atoms with E-state index in [9.17, 15) is 4.79 Å². The van der Waals surface area contributed by atoms with Crippen LogP contribution in [0.15, 0.2) is 90.6 Å². The second-order valence-electron chi connectivity index (χ2n) is 14.0. The summed E-state index contributed by atoms with van der Waals surface area (Å²) >= 11 is 0. The molecule has 0 saturated carbocycles. The molecular weight excluding hydrogens is 577 g/mol. The van der Waals surface area contributed by atoms with Crippen LogP contribution in [0.2, 0.25) is 18.1 Å². The zero-order chi connectivity index (χ0) is 33.5. The number of hydrogen-bond donors (Lipinski definition) is 0.